The number of ether oxygens (including phenoxy) is 1. The summed E-state index contributed by atoms with van der Waals surface area (Å²) >= 11 is 5.84. The van der Waals surface area contributed by atoms with Crippen molar-refractivity contribution in [1.29, 1.82) is 0 Å². The van der Waals surface area contributed by atoms with Gasteiger partial charge in [0.2, 0.25) is 11.8 Å². The zero-order valence-corrected chi connectivity index (χ0v) is 17.4. The van der Waals surface area contributed by atoms with Crippen LogP contribution in [0.2, 0.25) is 5.02 Å². The molecule has 8 heteroatoms. The number of carbonyl (C=O) groups is 2. The maximum atomic E-state index is 13.4. The summed E-state index contributed by atoms with van der Waals surface area (Å²) in [6.07, 6.45) is 0.157. The van der Waals surface area contributed by atoms with Gasteiger partial charge in [-0.3, -0.25) is 9.59 Å². The fourth-order valence-electron chi connectivity index (χ4n) is 4.03. The number of benzene rings is 2. The predicted octanol–water partition coefficient (Wildman–Crippen LogP) is 3.19. The molecule has 0 aliphatic carbocycles. The van der Waals surface area contributed by atoms with Gasteiger partial charge in [-0.05, 0) is 30.3 Å². The Labute approximate surface area is 179 Å². The Bertz CT molecular complexity index is 962. The Hall–Kier alpha value is -2.80. The second kappa shape index (κ2) is 8.52. The lowest BCUT2D eigenvalue weighted by molar-refractivity contribution is -0.136. The van der Waals surface area contributed by atoms with Crippen LogP contribution in [0.1, 0.15) is 6.42 Å². The molecule has 2 aromatic rings. The van der Waals surface area contributed by atoms with Gasteiger partial charge in [0.05, 0.1) is 18.1 Å². The fourth-order valence-corrected chi connectivity index (χ4v) is 4.20. The van der Waals surface area contributed by atoms with E-state index in [-0.39, 0.29) is 29.8 Å². The summed E-state index contributed by atoms with van der Waals surface area (Å²) in [5.41, 5.74) is 1.58. The molecule has 1 unspecified atom stereocenters. The van der Waals surface area contributed by atoms with Gasteiger partial charge in [0.15, 0.2) is 0 Å². The molecule has 4 rings (SSSR count). The van der Waals surface area contributed by atoms with Gasteiger partial charge in [-0.15, -0.1) is 0 Å². The van der Waals surface area contributed by atoms with E-state index in [1.165, 1.54) is 23.1 Å². The molecule has 6 nitrogen and oxygen atoms in total. The van der Waals surface area contributed by atoms with E-state index in [0.717, 1.165) is 24.5 Å². The molecule has 0 spiro atoms. The van der Waals surface area contributed by atoms with Gasteiger partial charge in [-0.25, -0.2) is 4.39 Å². The summed E-state index contributed by atoms with van der Waals surface area (Å²) in [5, 5.41) is -0.0382. The second-order valence-corrected chi connectivity index (χ2v) is 7.92. The van der Waals surface area contributed by atoms with Crippen molar-refractivity contribution in [1.82, 2.24) is 4.90 Å². The number of amides is 2. The Morgan fingerprint density at radius 2 is 1.87 bits per heavy atom. The molecule has 2 amide bonds. The number of nitrogens with zero attached hydrogens (tertiary/aromatic N) is 3. The van der Waals surface area contributed by atoms with E-state index >= 15 is 0 Å². The highest BCUT2D eigenvalue weighted by molar-refractivity contribution is 6.31. The molecule has 2 heterocycles. The number of anilines is 2. The molecule has 0 radical (unpaired) electrons. The molecule has 0 aromatic heterocycles. The summed E-state index contributed by atoms with van der Waals surface area (Å²) in [7, 11) is 1.64. The first-order chi connectivity index (χ1) is 14.5. The molecule has 2 aromatic carbocycles. The molecule has 2 saturated heterocycles. The lowest BCUT2D eigenvalue weighted by Crippen LogP contribution is -2.50. The van der Waals surface area contributed by atoms with Crippen LogP contribution < -0.4 is 14.5 Å². The molecular weight excluding hydrogens is 409 g/mol. The lowest BCUT2D eigenvalue weighted by atomic mass is 10.1. The van der Waals surface area contributed by atoms with Crippen molar-refractivity contribution < 1.29 is 18.7 Å². The maximum Gasteiger partial charge on any atom is 0.228 e. The Balaban J connectivity index is 1.37. The molecule has 2 fully saturated rings. The van der Waals surface area contributed by atoms with Crippen LogP contribution in [0.5, 0.6) is 5.75 Å². The molecule has 30 heavy (non-hydrogen) atoms. The minimum Gasteiger partial charge on any atom is -0.497 e. The first-order valence-electron chi connectivity index (χ1n) is 9.89. The third kappa shape index (κ3) is 4.07. The highest BCUT2D eigenvalue weighted by atomic mass is 35.5. The topological polar surface area (TPSA) is 53.1 Å². The third-order valence-corrected chi connectivity index (χ3v) is 5.99. The Morgan fingerprint density at radius 1 is 1.10 bits per heavy atom. The molecule has 0 saturated carbocycles. The van der Waals surface area contributed by atoms with Crippen molar-refractivity contribution >= 4 is 34.8 Å². The van der Waals surface area contributed by atoms with Crippen molar-refractivity contribution in [3.05, 3.63) is 53.3 Å². The highest BCUT2D eigenvalue weighted by Gasteiger charge is 2.38. The van der Waals surface area contributed by atoms with Crippen LogP contribution in [0.15, 0.2) is 42.5 Å². The summed E-state index contributed by atoms with van der Waals surface area (Å²) in [6, 6.07) is 12.0. The largest absolute Gasteiger partial charge is 0.497 e. The third-order valence-electron chi connectivity index (χ3n) is 5.70. The average molecular weight is 432 g/mol. The summed E-state index contributed by atoms with van der Waals surface area (Å²) < 4.78 is 18.7. The average Bonchev–Trinajstić information content (AvgIpc) is 3.17. The van der Waals surface area contributed by atoms with Crippen molar-refractivity contribution in [3.63, 3.8) is 0 Å². The van der Waals surface area contributed by atoms with Crippen molar-refractivity contribution in [3.8, 4) is 5.75 Å². The SMILES string of the molecule is COc1cccc(N2CCN(C(=O)C3CC(=O)N(c4ccc(F)c(Cl)c4)C3)CC2)c1. The fraction of sp³-hybridized carbons (Fsp3) is 0.364. The smallest absolute Gasteiger partial charge is 0.228 e. The van der Waals surface area contributed by atoms with Gasteiger partial charge in [0.1, 0.15) is 11.6 Å². The van der Waals surface area contributed by atoms with Gasteiger partial charge in [-0.2, -0.15) is 0 Å². The van der Waals surface area contributed by atoms with E-state index in [4.69, 9.17) is 16.3 Å². The number of hydrogen-bond acceptors (Lipinski definition) is 4. The predicted molar refractivity (Wildman–Crippen MR) is 114 cm³/mol. The highest BCUT2D eigenvalue weighted by Crippen LogP contribution is 2.30. The number of halogens is 2. The van der Waals surface area contributed by atoms with Crippen LogP contribution in [0, 0.1) is 11.7 Å². The molecule has 1 atom stereocenters. The number of hydrogen-bond donors (Lipinski definition) is 0. The van der Waals surface area contributed by atoms with Gasteiger partial charge >= 0.3 is 0 Å². The van der Waals surface area contributed by atoms with Crippen LogP contribution in [0.3, 0.4) is 0 Å². The van der Waals surface area contributed by atoms with Gasteiger partial charge in [-0.1, -0.05) is 17.7 Å². The quantitative estimate of drug-likeness (QED) is 0.746. The van der Waals surface area contributed by atoms with E-state index in [9.17, 15) is 14.0 Å². The first-order valence-corrected chi connectivity index (χ1v) is 10.3. The number of piperazine rings is 1. The number of methoxy groups -OCH3 is 1. The van der Waals surface area contributed by atoms with E-state index in [2.05, 4.69) is 4.90 Å². The van der Waals surface area contributed by atoms with Crippen LogP contribution in [0.25, 0.3) is 0 Å². The normalized spacial score (nSPS) is 19.4. The lowest BCUT2D eigenvalue weighted by Gasteiger charge is -2.37. The first kappa shape index (κ1) is 20.5. The molecule has 2 aliphatic rings. The summed E-state index contributed by atoms with van der Waals surface area (Å²) in [5.74, 6) is -0.287. The van der Waals surface area contributed by atoms with Crippen LogP contribution in [0.4, 0.5) is 15.8 Å². The van der Waals surface area contributed by atoms with Crippen LogP contribution in [-0.2, 0) is 9.59 Å². The van der Waals surface area contributed by atoms with E-state index in [1.807, 2.05) is 29.2 Å². The van der Waals surface area contributed by atoms with Gasteiger partial charge in [0.25, 0.3) is 0 Å². The monoisotopic (exact) mass is 431 g/mol. The van der Waals surface area contributed by atoms with E-state index < -0.39 is 11.7 Å². The van der Waals surface area contributed by atoms with Crippen LogP contribution >= 0.6 is 11.6 Å². The molecule has 2 aliphatic heterocycles. The summed E-state index contributed by atoms with van der Waals surface area (Å²) in [6.45, 7) is 2.93. The Kier molecular flexibility index (Phi) is 5.81. The number of rotatable bonds is 4. The van der Waals surface area contributed by atoms with E-state index in [0.29, 0.717) is 18.8 Å². The van der Waals surface area contributed by atoms with Crippen molar-refractivity contribution in [2.24, 2.45) is 5.92 Å². The van der Waals surface area contributed by atoms with Crippen LogP contribution in [-0.4, -0.2) is 56.5 Å². The van der Waals surface area contributed by atoms with Crippen molar-refractivity contribution in [2.75, 3.05) is 49.6 Å². The standard InChI is InChI=1S/C22H23ClFN3O3/c1-30-18-4-2-3-16(12-18)25-7-9-26(10-8-25)22(29)15-11-21(28)27(14-15)17-5-6-20(24)19(23)13-17/h2-6,12-13,15H,7-11,14H2,1H3. The molecule has 0 N–H and O–H groups in total. The molecular formula is C22H23ClFN3O3. The summed E-state index contributed by atoms with van der Waals surface area (Å²) in [4.78, 5) is 31.0. The molecule has 0 bridgehead atoms. The zero-order valence-electron chi connectivity index (χ0n) is 16.7. The molecule has 158 valence electrons. The van der Waals surface area contributed by atoms with E-state index in [1.54, 1.807) is 7.11 Å². The minimum absolute atomic E-state index is 0.00986. The Morgan fingerprint density at radius 3 is 2.57 bits per heavy atom. The van der Waals surface area contributed by atoms with Gasteiger partial charge in [0, 0.05) is 56.6 Å². The number of carbonyl (C=O) groups excluding carboxylic acids is 2. The second-order valence-electron chi connectivity index (χ2n) is 7.52. The van der Waals surface area contributed by atoms with Crippen molar-refractivity contribution in [2.45, 2.75) is 6.42 Å². The maximum absolute atomic E-state index is 13.4. The van der Waals surface area contributed by atoms with Gasteiger partial charge < -0.3 is 19.4 Å². The zero-order chi connectivity index (χ0) is 21.3. The minimum atomic E-state index is -0.534.